The molecule has 0 N–H and O–H groups in total. The zero-order valence-corrected chi connectivity index (χ0v) is 13.7. The van der Waals surface area contributed by atoms with Gasteiger partial charge < -0.3 is 13.9 Å². The van der Waals surface area contributed by atoms with Crippen molar-refractivity contribution in [3.8, 4) is 17.2 Å². The van der Waals surface area contributed by atoms with Crippen LogP contribution in [-0.2, 0) is 6.42 Å². The van der Waals surface area contributed by atoms with Crippen molar-refractivity contribution in [1.29, 1.82) is 0 Å². The van der Waals surface area contributed by atoms with Crippen LogP contribution in [0, 0.1) is 12.7 Å². The second-order valence-corrected chi connectivity index (χ2v) is 5.39. The normalized spacial score (nSPS) is 10.8. The lowest BCUT2D eigenvalue weighted by Crippen LogP contribution is -2.08. The zero-order chi connectivity index (χ0) is 17.3. The fourth-order valence-electron chi connectivity index (χ4n) is 2.57. The van der Waals surface area contributed by atoms with Gasteiger partial charge in [0.15, 0.2) is 0 Å². The van der Waals surface area contributed by atoms with Gasteiger partial charge in [-0.05, 0) is 49.2 Å². The van der Waals surface area contributed by atoms with Crippen LogP contribution in [0.2, 0.25) is 0 Å². The first-order chi connectivity index (χ1) is 11.5. The molecule has 0 aliphatic heterocycles. The van der Waals surface area contributed by atoms with Crippen LogP contribution in [-0.4, -0.2) is 7.11 Å². The van der Waals surface area contributed by atoms with Gasteiger partial charge >= 0.3 is 0 Å². The van der Waals surface area contributed by atoms with Crippen LogP contribution in [0.4, 0.5) is 4.39 Å². The predicted octanol–water partition coefficient (Wildman–Crippen LogP) is 4.60. The molecule has 24 heavy (non-hydrogen) atoms. The molecule has 0 aliphatic rings. The fourth-order valence-corrected chi connectivity index (χ4v) is 2.57. The van der Waals surface area contributed by atoms with Gasteiger partial charge in [-0.2, -0.15) is 0 Å². The predicted molar refractivity (Wildman–Crippen MR) is 89.6 cm³/mol. The largest absolute Gasteiger partial charge is 0.496 e. The summed E-state index contributed by atoms with van der Waals surface area (Å²) in [6.07, 6.45) is 0.723. The lowest BCUT2D eigenvalue weighted by Gasteiger charge is -2.11. The maximum atomic E-state index is 13.0. The van der Waals surface area contributed by atoms with Crippen LogP contribution in [0.1, 0.15) is 18.2 Å². The fraction of sp³-hybridized carbons (Fsp3) is 0.211. The summed E-state index contributed by atoms with van der Waals surface area (Å²) in [5.41, 5.74) is 1.09. The van der Waals surface area contributed by atoms with Crippen molar-refractivity contribution in [1.82, 2.24) is 0 Å². The van der Waals surface area contributed by atoms with E-state index in [1.807, 2.05) is 6.92 Å². The van der Waals surface area contributed by atoms with Crippen LogP contribution in [0.5, 0.6) is 17.2 Å². The van der Waals surface area contributed by atoms with Crippen LogP contribution < -0.4 is 14.9 Å². The summed E-state index contributed by atoms with van der Waals surface area (Å²) in [5, 5.41) is 0.426. The molecule has 0 aliphatic carbocycles. The molecule has 2 aromatic carbocycles. The molecule has 0 saturated carbocycles. The second kappa shape index (κ2) is 6.35. The first-order valence-corrected chi connectivity index (χ1v) is 7.61. The Morgan fingerprint density at radius 2 is 1.88 bits per heavy atom. The standard InChI is InChI=1S/C19H17FO4/c1-4-12-9-15-17(10-16(12)22-3)23-11(2)19(18(15)21)24-14-7-5-13(20)6-8-14/h5-10H,4H2,1-3H3. The third-order valence-corrected chi connectivity index (χ3v) is 3.83. The number of aryl methyl sites for hydroxylation is 2. The summed E-state index contributed by atoms with van der Waals surface area (Å²) >= 11 is 0. The molecule has 4 nitrogen and oxygen atoms in total. The highest BCUT2D eigenvalue weighted by Gasteiger charge is 2.16. The Labute approximate surface area is 138 Å². The van der Waals surface area contributed by atoms with Gasteiger partial charge in [0.25, 0.3) is 0 Å². The van der Waals surface area contributed by atoms with Gasteiger partial charge in [-0.15, -0.1) is 0 Å². The van der Waals surface area contributed by atoms with Gasteiger partial charge in [0.05, 0.1) is 12.5 Å². The number of hydrogen-bond donors (Lipinski definition) is 0. The molecule has 0 amide bonds. The van der Waals surface area contributed by atoms with E-state index in [9.17, 15) is 9.18 Å². The van der Waals surface area contributed by atoms with Crippen molar-refractivity contribution in [2.45, 2.75) is 20.3 Å². The Morgan fingerprint density at radius 1 is 1.17 bits per heavy atom. The van der Waals surface area contributed by atoms with E-state index in [0.29, 0.717) is 28.2 Å². The molecule has 3 aromatic rings. The molecule has 1 aromatic heterocycles. The summed E-state index contributed by atoms with van der Waals surface area (Å²) in [6, 6.07) is 8.94. The van der Waals surface area contributed by atoms with E-state index in [1.54, 1.807) is 26.2 Å². The summed E-state index contributed by atoms with van der Waals surface area (Å²) < 4.78 is 29.7. The SMILES string of the molecule is CCc1cc2c(=O)c(Oc3ccc(F)cc3)c(C)oc2cc1OC. The van der Waals surface area contributed by atoms with Gasteiger partial charge in [-0.3, -0.25) is 4.79 Å². The van der Waals surface area contributed by atoms with Crippen molar-refractivity contribution >= 4 is 11.0 Å². The summed E-state index contributed by atoms with van der Waals surface area (Å²) in [4.78, 5) is 12.8. The van der Waals surface area contributed by atoms with Gasteiger partial charge in [-0.1, -0.05) is 6.92 Å². The second-order valence-electron chi connectivity index (χ2n) is 5.39. The average molecular weight is 328 g/mol. The molecule has 0 unspecified atom stereocenters. The number of methoxy groups -OCH3 is 1. The molecule has 0 fully saturated rings. The van der Waals surface area contributed by atoms with Crippen molar-refractivity contribution in [2.75, 3.05) is 7.11 Å². The van der Waals surface area contributed by atoms with Crippen molar-refractivity contribution in [2.24, 2.45) is 0 Å². The zero-order valence-electron chi connectivity index (χ0n) is 13.7. The number of fused-ring (bicyclic) bond motifs is 1. The number of benzene rings is 2. The van der Waals surface area contributed by atoms with Gasteiger partial charge in [0, 0.05) is 6.07 Å². The monoisotopic (exact) mass is 328 g/mol. The van der Waals surface area contributed by atoms with Crippen LogP contribution >= 0.6 is 0 Å². The van der Waals surface area contributed by atoms with E-state index < -0.39 is 0 Å². The lowest BCUT2D eigenvalue weighted by molar-refractivity contribution is 0.408. The van der Waals surface area contributed by atoms with E-state index in [4.69, 9.17) is 13.9 Å². The van der Waals surface area contributed by atoms with Crippen molar-refractivity contribution in [3.05, 3.63) is 63.8 Å². The Balaban J connectivity index is 2.15. The molecular formula is C19H17FO4. The molecule has 0 radical (unpaired) electrons. The van der Waals surface area contributed by atoms with E-state index in [1.165, 1.54) is 24.3 Å². The Kier molecular flexibility index (Phi) is 4.25. The maximum Gasteiger partial charge on any atom is 0.235 e. The molecule has 0 saturated heterocycles. The highest BCUT2D eigenvalue weighted by molar-refractivity contribution is 5.81. The quantitative estimate of drug-likeness (QED) is 0.702. The summed E-state index contributed by atoms with van der Waals surface area (Å²) in [5.74, 6) is 1.13. The molecular weight excluding hydrogens is 311 g/mol. The van der Waals surface area contributed by atoms with Gasteiger partial charge in [-0.25, -0.2) is 4.39 Å². The maximum absolute atomic E-state index is 13.0. The Morgan fingerprint density at radius 3 is 2.50 bits per heavy atom. The van der Waals surface area contributed by atoms with Crippen LogP contribution in [0.25, 0.3) is 11.0 Å². The Hall–Kier alpha value is -2.82. The Bertz CT molecular complexity index is 942. The molecule has 124 valence electrons. The number of halogens is 1. The molecule has 0 atom stereocenters. The first kappa shape index (κ1) is 16.1. The van der Waals surface area contributed by atoms with E-state index in [2.05, 4.69) is 0 Å². The van der Waals surface area contributed by atoms with E-state index >= 15 is 0 Å². The first-order valence-electron chi connectivity index (χ1n) is 7.61. The average Bonchev–Trinajstić information content (AvgIpc) is 2.59. The molecule has 0 spiro atoms. The lowest BCUT2D eigenvalue weighted by atomic mass is 10.1. The molecule has 5 heteroatoms. The highest BCUT2D eigenvalue weighted by Crippen LogP contribution is 2.29. The highest BCUT2D eigenvalue weighted by atomic mass is 19.1. The molecule has 3 rings (SSSR count). The summed E-state index contributed by atoms with van der Waals surface area (Å²) in [7, 11) is 1.58. The molecule has 0 bridgehead atoms. The topological polar surface area (TPSA) is 48.7 Å². The minimum atomic E-state index is -0.371. The molecule has 1 heterocycles. The van der Waals surface area contributed by atoms with Crippen molar-refractivity contribution < 1.29 is 18.3 Å². The number of hydrogen-bond acceptors (Lipinski definition) is 4. The minimum Gasteiger partial charge on any atom is -0.496 e. The van der Waals surface area contributed by atoms with Crippen LogP contribution in [0.15, 0.2) is 45.6 Å². The number of ether oxygens (including phenoxy) is 2. The number of rotatable bonds is 4. The van der Waals surface area contributed by atoms with E-state index in [-0.39, 0.29) is 17.0 Å². The van der Waals surface area contributed by atoms with Gasteiger partial charge in [0.1, 0.15) is 28.7 Å². The van der Waals surface area contributed by atoms with Crippen molar-refractivity contribution in [3.63, 3.8) is 0 Å². The third kappa shape index (κ3) is 2.85. The van der Waals surface area contributed by atoms with E-state index in [0.717, 1.165) is 12.0 Å². The third-order valence-electron chi connectivity index (χ3n) is 3.83. The summed E-state index contributed by atoms with van der Waals surface area (Å²) in [6.45, 7) is 3.63. The minimum absolute atomic E-state index is 0.0985. The smallest absolute Gasteiger partial charge is 0.235 e. The van der Waals surface area contributed by atoms with Crippen LogP contribution in [0.3, 0.4) is 0 Å². The van der Waals surface area contributed by atoms with Gasteiger partial charge in [0.2, 0.25) is 11.2 Å².